The molecule has 0 aromatic carbocycles. The molecular formula is C13H15N3O3S. The molecule has 106 valence electrons. The molecule has 20 heavy (non-hydrogen) atoms. The molecule has 0 radical (unpaired) electrons. The Morgan fingerprint density at radius 3 is 2.90 bits per heavy atom. The summed E-state index contributed by atoms with van der Waals surface area (Å²) in [6.07, 6.45) is 1.28. The Kier molecular flexibility index (Phi) is 3.01. The minimum atomic E-state index is -0.921. The Bertz CT molecular complexity index is 669. The fourth-order valence-corrected chi connectivity index (χ4v) is 3.80. The van der Waals surface area contributed by atoms with Crippen molar-refractivity contribution in [1.29, 1.82) is 0 Å². The number of carbonyl (C=O) groups excluding carboxylic acids is 1. The first-order chi connectivity index (χ1) is 9.49. The second kappa shape index (κ2) is 4.59. The van der Waals surface area contributed by atoms with Gasteiger partial charge in [-0.1, -0.05) is 0 Å². The third-order valence-corrected chi connectivity index (χ3v) is 4.90. The van der Waals surface area contributed by atoms with Gasteiger partial charge in [-0.15, -0.1) is 11.3 Å². The van der Waals surface area contributed by atoms with E-state index >= 15 is 0 Å². The normalized spacial score (nSPS) is 18.9. The number of thiophene rings is 1. The average molecular weight is 293 g/mol. The summed E-state index contributed by atoms with van der Waals surface area (Å²) in [6.45, 7) is 2.42. The van der Waals surface area contributed by atoms with E-state index in [-0.39, 0.29) is 5.91 Å². The lowest BCUT2D eigenvalue weighted by Gasteiger charge is -2.20. The van der Waals surface area contributed by atoms with Crippen LogP contribution in [0.5, 0.6) is 0 Å². The van der Waals surface area contributed by atoms with Crippen molar-refractivity contribution in [1.82, 2.24) is 14.7 Å². The van der Waals surface area contributed by atoms with Crippen LogP contribution in [0.15, 0.2) is 6.07 Å². The summed E-state index contributed by atoms with van der Waals surface area (Å²) >= 11 is 1.37. The standard InChI is InChI=1S/C13H15N3O3S/c1-7-8-6-10(20-12(8)15(2)14-7)11(17)16-5-3-4-9(16)13(18)19/h6,9H,3-5H2,1-2H3,(H,18,19)/t9-/m0/s1. The molecule has 2 aromatic rings. The number of fused-ring (bicyclic) bond motifs is 1. The second-order valence-corrected chi connectivity index (χ2v) is 6.06. The molecule has 0 saturated carbocycles. The van der Waals surface area contributed by atoms with Crippen molar-refractivity contribution in [2.24, 2.45) is 7.05 Å². The lowest BCUT2D eigenvalue weighted by Crippen LogP contribution is -2.40. The summed E-state index contributed by atoms with van der Waals surface area (Å²) < 4.78 is 1.75. The molecule has 1 atom stereocenters. The molecule has 1 aliphatic heterocycles. The van der Waals surface area contributed by atoms with E-state index in [0.717, 1.165) is 22.3 Å². The van der Waals surface area contributed by atoms with Crippen LogP contribution in [0.25, 0.3) is 10.2 Å². The van der Waals surface area contributed by atoms with Crippen molar-refractivity contribution < 1.29 is 14.7 Å². The molecule has 2 aromatic heterocycles. The van der Waals surface area contributed by atoms with E-state index < -0.39 is 12.0 Å². The molecule has 3 heterocycles. The van der Waals surface area contributed by atoms with Gasteiger partial charge in [-0.2, -0.15) is 5.10 Å². The number of hydrogen-bond donors (Lipinski definition) is 1. The monoisotopic (exact) mass is 293 g/mol. The van der Waals surface area contributed by atoms with Gasteiger partial charge >= 0.3 is 5.97 Å². The fraction of sp³-hybridized carbons (Fsp3) is 0.462. The SMILES string of the molecule is Cc1nn(C)c2sc(C(=O)N3CCC[C@H]3C(=O)O)cc12. The van der Waals surface area contributed by atoms with Crippen LogP contribution in [-0.2, 0) is 11.8 Å². The number of aromatic nitrogens is 2. The third kappa shape index (κ3) is 1.89. The second-order valence-electron chi connectivity index (χ2n) is 5.03. The van der Waals surface area contributed by atoms with Crippen LogP contribution in [0.1, 0.15) is 28.2 Å². The molecule has 3 rings (SSSR count). The quantitative estimate of drug-likeness (QED) is 0.913. The first-order valence-corrected chi connectivity index (χ1v) is 7.27. The molecule has 1 aliphatic rings. The van der Waals surface area contributed by atoms with Crippen LogP contribution < -0.4 is 0 Å². The van der Waals surface area contributed by atoms with Crippen molar-refractivity contribution in [3.63, 3.8) is 0 Å². The van der Waals surface area contributed by atoms with Crippen LogP contribution in [-0.4, -0.2) is 44.3 Å². The van der Waals surface area contributed by atoms with Crippen molar-refractivity contribution in [2.45, 2.75) is 25.8 Å². The first kappa shape index (κ1) is 13.1. The van der Waals surface area contributed by atoms with Gasteiger partial charge in [0.25, 0.3) is 5.91 Å². The molecule has 0 aliphatic carbocycles. The van der Waals surface area contributed by atoms with Gasteiger partial charge in [-0.05, 0) is 25.8 Å². The minimum absolute atomic E-state index is 0.185. The first-order valence-electron chi connectivity index (χ1n) is 6.46. The molecule has 0 spiro atoms. The zero-order valence-corrected chi connectivity index (χ0v) is 12.1. The highest BCUT2D eigenvalue weighted by Gasteiger charge is 2.35. The summed E-state index contributed by atoms with van der Waals surface area (Å²) in [5, 5.41) is 14.4. The zero-order chi connectivity index (χ0) is 14.4. The van der Waals surface area contributed by atoms with Crippen LogP contribution in [0.4, 0.5) is 0 Å². The number of carboxylic acids is 1. The van der Waals surface area contributed by atoms with Gasteiger partial charge in [0.2, 0.25) is 0 Å². The molecule has 1 saturated heterocycles. The Morgan fingerprint density at radius 1 is 1.50 bits per heavy atom. The average Bonchev–Trinajstić information content (AvgIpc) is 3.08. The number of carboxylic acid groups (broad SMARTS) is 1. The predicted octanol–water partition coefficient (Wildman–Crippen LogP) is 1.63. The number of amides is 1. The van der Waals surface area contributed by atoms with Gasteiger partial charge in [0, 0.05) is 19.0 Å². The summed E-state index contributed by atoms with van der Waals surface area (Å²) in [4.78, 5) is 26.7. The van der Waals surface area contributed by atoms with E-state index in [1.807, 2.05) is 20.0 Å². The molecule has 1 N–H and O–H groups in total. The number of likely N-dealkylation sites (tertiary alicyclic amines) is 1. The molecule has 1 fully saturated rings. The Hall–Kier alpha value is -1.89. The molecule has 7 heteroatoms. The van der Waals surface area contributed by atoms with Crippen molar-refractivity contribution in [2.75, 3.05) is 6.54 Å². The van der Waals surface area contributed by atoms with Crippen molar-refractivity contribution in [3.8, 4) is 0 Å². The third-order valence-electron chi connectivity index (χ3n) is 3.71. The van der Waals surface area contributed by atoms with Crippen LogP contribution in [0, 0.1) is 6.92 Å². The lowest BCUT2D eigenvalue weighted by atomic mass is 10.2. The maximum absolute atomic E-state index is 12.5. The van der Waals surface area contributed by atoms with E-state index in [1.54, 1.807) is 4.68 Å². The Balaban J connectivity index is 1.96. The van der Waals surface area contributed by atoms with Gasteiger partial charge in [-0.3, -0.25) is 9.48 Å². The predicted molar refractivity (Wildman–Crippen MR) is 75.0 cm³/mol. The number of aliphatic carboxylic acids is 1. The summed E-state index contributed by atoms with van der Waals surface area (Å²) in [5.74, 6) is -1.11. The summed E-state index contributed by atoms with van der Waals surface area (Å²) in [5.41, 5.74) is 0.883. The molecule has 0 unspecified atom stereocenters. The van der Waals surface area contributed by atoms with Gasteiger partial charge < -0.3 is 10.0 Å². The smallest absolute Gasteiger partial charge is 0.326 e. The number of carbonyl (C=O) groups is 2. The largest absolute Gasteiger partial charge is 0.480 e. The maximum Gasteiger partial charge on any atom is 0.326 e. The van der Waals surface area contributed by atoms with Gasteiger partial charge in [0.15, 0.2) is 0 Å². The Morgan fingerprint density at radius 2 is 2.25 bits per heavy atom. The van der Waals surface area contributed by atoms with E-state index in [2.05, 4.69) is 5.10 Å². The highest BCUT2D eigenvalue weighted by Crippen LogP contribution is 2.30. The number of nitrogens with zero attached hydrogens (tertiary/aromatic N) is 3. The molecule has 0 bridgehead atoms. The number of hydrogen-bond acceptors (Lipinski definition) is 4. The zero-order valence-electron chi connectivity index (χ0n) is 11.3. The topological polar surface area (TPSA) is 75.4 Å². The van der Waals surface area contributed by atoms with Crippen LogP contribution in [0.2, 0.25) is 0 Å². The molecule has 1 amide bonds. The molecular weight excluding hydrogens is 278 g/mol. The van der Waals surface area contributed by atoms with E-state index in [9.17, 15) is 9.59 Å². The lowest BCUT2D eigenvalue weighted by molar-refractivity contribution is -0.141. The summed E-state index contributed by atoms with van der Waals surface area (Å²) in [7, 11) is 1.84. The number of aryl methyl sites for hydroxylation is 2. The van der Waals surface area contributed by atoms with E-state index in [4.69, 9.17) is 5.11 Å². The van der Waals surface area contributed by atoms with Crippen LogP contribution >= 0.6 is 11.3 Å². The highest BCUT2D eigenvalue weighted by atomic mass is 32.1. The summed E-state index contributed by atoms with van der Waals surface area (Å²) in [6, 6.07) is 1.13. The van der Waals surface area contributed by atoms with Gasteiger partial charge in [0.05, 0.1) is 10.6 Å². The van der Waals surface area contributed by atoms with Crippen LogP contribution in [0.3, 0.4) is 0 Å². The fourth-order valence-electron chi connectivity index (χ4n) is 2.72. The Labute approximate surface area is 119 Å². The maximum atomic E-state index is 12.5. The van der Waals surface area contributed by atoms with Crippen molar-refractivity contribution in [3.05, 3.63) is 16.6 Å². The van der Waals surface area contributed by atoms with Crippen molar-refractivity contribution >= 4 is 33.4 Å². The highest BCUT2D eigenvalue weighted by molar-refractivity contribution is 7.20. The van der Waals surface area contributed by atoms with E-state index in [0.29, 0.717) is 17.8 Å². The van der Waals surface area contributed by atoms with E-state index in [1.165, 1.54) is 16.2 Å². The molecule has 6 nitrogen and oxygen atoms in total. The van der Waals surface area contributed by atoms with Gasteiger partial charge in [-0.25, -0.2) is 4.79 Å². The number of rotatable bonds is 2. The minimum Gasteiger partial charge on any atom is -0.480 e. The van der Waals surface area contributed by atoms with Gasteiger partial charge in [0.1, 0.15) is 10.9 Å².